The van der Waals surface area contributed by atoms with Crippen LogP contribution in [0, 0.1) is 5.41 Å². The molecule has 20 heavy (non-hydrogen) atoms. The maximum atomic E-state index is 4.51. The van der Waals surface area contributed by atoms with Crippen LogP contribution in [0.25, 0.3) is 11.2 Å². The first-order valence-electron chi connectivity index (χ1n) is 6.87. The Morgan fingerprint density at radius 3 is 2.60 bits per heavy atom. The summed E-state index contributed by atoms with van der Waals surface area (Å²) in [7, 11) is 4.19. The van der Waals surface area contributed by atoms with E-state index in [2.05, 4.69) is 60.0 Å². The predicted octanol–water partition coefficient (Wildman–Crippen LogP) is 2.41. The molecule has 1 unspecified atom stereocenters. The lowest BCUT2D eigenvalue weighted by atomic mass is 9.85. The number of nitrogens with one attached hydrogen (secondary N) is 1. The van der Waals surface area contributed by atoms with Crippen molar-refractivity contribution in [3.63, 3.8) is 0 Å². The van der Waals surface area contributed by atoms with Crippen LogP contribution in [-0.4, -0.2) is 46.5 Å². The Hall–Kier alpha value is -1.75. The van der Waals surface area contributed by atoms with Gasteiger partial charge in [0.05, 0.1) is 0 Å². The first-order valence-corrected chi connectivity index (χ1v) is 6.87. The maximum Gasteiger partial charge on any atom is 0.180 e. The highest BCUT2D eigenvalue weighted by molar-refractivity contribution is 5.71. The normalized spacial score (nSPS) is 13.7. The van der Waals surface area contributed by atoms with E-state index in [1.165, 1.54) is 0 Å². The molecule has 0 saturated heterocycles. The molecule has 0 radical (unpaired) electrons. The number of aromatic nitrogens is 3. The minimum absolute atomic E-state index is 0.141. The van der Waals surface area contributed by atoms with Gasteiger partial charge in [0.15, 0.2) is 5.65 Å². The molecule has 0 saturated carbocycles. The van der Waals surface area contributed by atoms with Crippen LogP contribution in [0.4, 0.5) is 5.82 Å². The molecule has 5 nitrogen and oxygen atoms in total. The van der Waals surface area contributed by atoms with Gasteiger partial charge >= 0.3 is 0 Å². The van der Waals surface area contributed by atoms with Crippen molar-refractivity contribution in [1.29, 1.82) is 0 Å². The zero-order valence-corrected chi connectivity index (χ0v) is 12.9. The summed E-state index contributed by atoms with van der Waals surface area (Å²) in [6, 6.07) is 4.20. The van der Waals surface area contributed by atoms with E-state index >= 15 is 0 Å². The topological polar surface area (TPSA) is 53.9 Å². The van der Waals surface area contributed by atoms with Gasteiger partial charge in [-0.15, -0.1) is 0 Å². The van der Waals surface area contributed by atoms with Gasteiger partial charge in [-0.25, -0.2) is 9.97 Å². The molecule has 0 aliphatic rings. The van der Waals surface area contributed by atoms with E-state index < -0.39 is 0 Å². The first-order chi connectivity index (χ1) is 9.38. The Morgan fingerprint density at radius 2 is 1.90 bits per heavy atom. The number of pyridine rings is 1. The summed E-state index contributed by atoms with van der Waals surface area (Å²) >= 11 is 0. The third kappa shape index (κ3) is 3.42. The molecule has 1 atom stereocenters. The number of rotatable bonds is 5. The Morgan fingerprint density at radius 1 is 1.20 bits per heavy atom. The molecule has 0 spiro atoms. The van der Waals surface area contributed by atoms with Crippen molar-refractivity contribution in [2.24, 2.45) is 5.41 Å². The van der Waals surface area contributed by atoms with Crippen molar-refractivity contribution >= 4 is 17.0 Å². The molecule has 108 valence electrons. The summed E-state index contributed by atoms with van der Waals surface area (Å²) in [5.41, 5.74) is 1.64. The van der Waals surface area contributed by atoms with E-state index in [1.54, 1.807) is 12.4 Å². The summed E-state index contributed by atoms with van der Waals surface area (Å²) in [6.07, 6.45) is 3.35. The van der Waals surface area contributed by atoms with Crippen molar-refractivity contribution in [3.05, 3.63) is 24.5 Å². The fourth-order valence-electron chi connectivity index (χ4n) is 2.30. The number of hydrogen-bond acceptors (Lipinski definition) is 5. The smallest absolute Gasteiger partial charge is 0.180 e. The average Bonchev–Trinajstić information content (AvgIpc) is 2.37. The van der Waals surface area contributed by atoms with Crippen molar-refractivity contribution in [2.45, 2.75) is 26.8 Å². The Kier molecular flexibility index (Phi) is 4.18. The minimum Gasteiger partial charge on any atom is -0.367 e. The predicted molar refractivity (Wildman–Crippen MR) is 82.8 cm³/mol. The van der Waals surface area contributed by atoms with Crippen molar-refractivity contribution in [3.8, 4) is 0 Å². The first kappa shape index (κ1) is 14.7. The lowest BCUT2D eigenvalue weighted by Gasteiger charge is -2.35. The molecule has 2 heterocycles. The van der Waals surface area contributed by atoms with Crippen LogP contribution in [0.2, 0.25) is 0 Å². The quantitative estimate of drug-likeness (QED) is 0.906. The van der Waals surface area contributed by atoms with Crippen LogP contribution in [0.5, 0.6) is 0 Å². The van der Waals surface area contributed by atoms with Gasteiger partial charge in [0.2, 0.25) is 0 Å². The van der Waals surface area contributed by atoms with Gasteiger partial charge < -0.3 is 10.2 Å². The number of fused-ring (bicyclic) bond motifs is 1. The number of nitrogens with zero attached hydrogens (tertiary/aromatic N) is 4. The Balaban J connectivity index is 2.15. The molecular weight excluding hydrogens is 250 g/mol. The second-order valence-electron chi connectivity index (χ2n) is 6.19. The molecular formula is C15H23N5. The van der Waals surface area contributed by atoms with Gasteiger partial charge in [0.25, 0.3) is 0 Å². The molecule has 1 N–H and O–H groups in total. The van der Waals surface area contributed by atoms with Crippen LogP contribution >= 0.6 is 0 Å². The van der Waals surface area contributed by atoms with Gasteiger partial charge in [-0.05, 0) is 38.6 Å². The van der Waals surface area contributed by atoms with Crippen molar-refractivity contribution in [2.75, 3.05) is 26.0 Å². The van der Waals surface area contributed by atoms with E-state index in [9.17, 15) is 0 Å². The molecule has 0 aliphatic carbocycles. The van der Waals surface area contributed by atoms with Gasteiger partial charge in [0.1, 0.15) is 11.3 Å². The Bertz CT molecular complexity index is 579. The number of hydrogen-bond donors (Lipinski definition) is 1. The number of anilines is 1. The average molecular weight is 273 g/mol. The van der Waals surface area contributed by atoms with E-state index in [4.69, 9.17) is 0 Å². The fraction of sp³-hybridized carbons (Fsp3) is 0.533. The molecule has 0 fully saturated rings. The monoisotopic (exact) mass is 273 g/mol. The largest absolute Gasteiger partial charge is 0.367 e. The molecule has 0 amide bonds. The van der Waals surface area contributed by atoms with Crippen molar-refractivity contribution in [1.82, 2.24) is 19.9 Å². The van der Waals surface area contributed by atoms with E-state index in [-0.39, 0.29) is 5.41 Å². The highest BCUT2D eigenvalue weighted by Crippen LogP contribution is 2.24. The molecule has 5 heteroatoms. The third-order valence-corrected chi connectivity index (χ3v) is 3.59. The van der Waals surface area contributed by atoms with Gasteiger partial charge in [0, 0.05) is 25.0 Å². The maximum absolute atomic E-state index is 4.51. The minimum atomic E-state index is 0.141. The molecule has 0 bridgehead atoms. The van der Waals surface area contributed by atoms with Gasteiger partial charge in [-0.2, -0.15) is 0 Å². The van der Waals surface area contributed by atoms with Crippen LogP contribution < -0.4 is 5.32 Å². The Labute approximate surface area is 120 Å². The van der Waals surface area contributed by atoms with E-state index in [1.807, 2.05) is 12.1 Å². The lowest BCUT2D eigenvalue weighted by Crippen LogP contribution is -2.41. The van der Waals surface area contributed by atoms with Crippen LogP contribution in [-0.2, 0) is 0 Å². The standard InChI is InChI=1S/C15H23N5/c1-11(15(2,3)10-20(4)5)18-13-7-6-12-14(19-13)17-9-8-16-12/h6-9,11H,10H2,1-5H3,(H,17,18,19). The van der Waals surface area contributed by atoms with E-state index in [0.29, 0.717) is 11.7 Å². The molecule has 2 aromatic rings. The summed E-state index contributed by atoms with van der Waals surface area (Å²) in [4.78, 5) is 15.2. The fourth-order valence-corrected chi connectivity index (χ4v) is 2.30. The van der Waals surface area contributed by atoms with Crippen LogP contribution in [0.15, 0.2) is 24.5 Å². The SMILES string of the molecule is CC(Nc1ccc2nccnc2n1)C(C)(C)CN(C)C. The summed E-state index contributed by atoms with van der Waals surface area (Å²) in [5.74, 6) is 0.845. The van der Waals surface area contributed by atoms with Crippen LogP contribution in [0.3, 0.4) is 0 Å². The molecule has 0 aromatic carbocycles. The van der Waals surface area contributed by atoms with E-state index in [0.717, 1.165) is 17.9 Å². The zero-order chi connectivity index (χ0) is 14.8. The molecule has 2 rings (SSSR count). The highest BCUT2D eigenvalue weighted by Gasteiger charge is 2.26. The second kappa shape index (κ2) is 5.71. The summed E-state index contributed by atoms with van der Waals surface area (Å²) in [6.45, 7) is 7.71. The zero-order valence-electron chi connectivity index (χ0n) is 12.9. The van der Waals surface area contributed by atoms with Gasteiger partial charge in [-0.3, -0.25) is 4.98 Å². The lowest BCUT2D eigenvalue weighted by molar-refractivity contribution is 0.217. The van der Waals surface area contributed by atoms with Gasteiger partial charge in [-0.1, -0.05) is 13.8 Å². The summed E-state index contributed by atoms with van der Waals surface area (Å²) in [5, 5.41) is 3.47. The molecule has 2 aromatic heterocycles. The van der Waals surface area contributed by atoms with Crippen molar-refractivity contribution < 1.29 is 0 Å². The highest BCUT2D eigenvalue weighted by atomic mass is 15.1. The van der Waals surface area contributed by atoms with Crippen LogP contribution in [0.1, 0.15) is 20.8 Å². The second-order valence-corrected chi connectivity index (χ2v) is 6.19. The molecule has 0 aliphatic heterocycles. The summed E-state index contributed by atoms with van der Waals surface area (Å²) < 4.78 is 0. The third-order valence-electron chi connectivity index (χ3n) is 3.59.